The van der Waals surface area contributed by atoms with E-state index in [0.717, 1.165) is 5.56 Å². The first-order valence-electron chi connectivity index (χ1n) is 4.39. The number of aliphatic carboxylic acids is 1. The SMILES string of the molecule is Nc1ccc(C[C@@H](N)CC(=O)O)cc1. The van der Waals surface area contributed by atoms with Gasteiger partial charge in [-0.2, -0.15) is 0 Å². The van der Waals surface area contributed by atoms with Gasteiger partial charge in [-0.25, -0.2) is 0 Å². The van der Waals surface area contributed by atoms with Crippen LogP contribution in [0.5, 0.6) is 0 Å². The number of nitrogen functional groups attached to an aromatic ring is 1. The van der Waals surface area contributed by atoms with Gasteiger partial charge in [0.05, 0.1) is 6.42 Å². The standard InChI is InChI=1S/C10H14N2O2/c11-8-3-1-7(2-4-8)5-9(12)6-10(13)14/h1-4,9H,5-6,11-12H2,(H,13,14)/t9-/m1/s1. The van der Waals surface area contributed by atoms with Crippen LogP contribution in [0.3, 0.4) is 0 Å². The van der Waals surface area contributed by atoms with Gasteiger partial charge in [0.1, 0.15) is 0 Å². The molecule has 1 aromatic carbocycles. The number of hydrogen-bond donors (Lipinski definition) is 3. The third-order valence-electron chi connectivity index (χ3n) is 1.91. The molecule has 76 valence electrons. The zero-order valence-corrected chi connectivity index (χ0v) is 7.81. The summed E-state index contributed by atoms with van der Waals surface area (Å²) in [6.45, 7) is 0. The molecule has 0 aliphatic carbocycles. The Morgan fingerprint density at radius 2 is 1.93 bits per heavy atom. The quantitative estimate of drug-likeness (QED) is 0.613. The van der Waals surface area contributed by atoms with E-state index >= 15 is 0 Å². The molecule has 1 rings (SSSR count). The van der Waals surface area contributed by atoms with Crippen molar-refractivity contribution < 1.29 is 9.90 Å². The molecule has 0 aliphatic heterocycles. The van der Waals surface area contributed by atoms with Gasteiger partial charge < -0.3 is 16.6 Å². The lowest BCUT2D eigenvalue weighted by atomic mass is 10.0. The molecule has 0 spiro atoms. The van der Waals surface area contributed by atoms with Crippen molar-refractivity contribution in [3.05, 3.63) is 29.8 Å². The maximum atomic E-state index is 10.4. The number of carboxylic acids is 1. The van der Waals surface area contributed by atoms with E-state index in [0.29, 0.717) is 12.1 Å². The van der Waals surface area contributed by atoms with Gasteiger partial charge in [-0.1, -0.05) is 12.1 Å². The van der Waals surface area contributed by atoms with E-state index in [-0.39, 0.29) is 12.5 Å². The normalized spacial score (nSPS) is 12.4. The molecule has 0 aromatic heterocycles. The van der Waals surface area contributed by atoms with E-state index in [1.165, 1.54) is 0 Å². The van der Waals surface area contributed by atoms with E-state index in [1.54, 1.807) is 12.1 Å². The first-order chi connectivity index (χ1) is 6.58. The van der Waals surface area contributed by atoms with Crippen molar-refractivity contribution in [2.45, 2.75) is 18.9 Å². The third kappa shape index (κ3) is 3.45. The zero-order valence-electron chi connectivity index (χ0n) is 7.81. The van der Waals surface area contributed by atoms with E-state index in [2.05, 4.69) is 0 Å². The molecule has 0 saturated carbocycles. The fraction of sp³-hybridized carbons (Fsp3) is 0.300. The predicted octanol–water partition coefficient (Wildman–Crippen LogP) is 0.613. The van der Waals surface area contributed by atoms with Crippen LogP contribution in [0.1, 0.15) is 12.0 Å². The molecule has 5 N–H and O–H groups in total. The lowest BCUT2D eigenvalue weighted by Crippen LogP contribution is -2.26. The Kier molecular flexibility index (Phi) is 3.48. The van der Waals surface area contributed by atoms with Crippen LogP contribution in [-0.4, -0.2) is 17.1 Å². The summed E-state index contributed by atoms with van der Waals surface area (Å²) in [6.07, 6.45) is 0.553. The molecule has 0 fully saturated rings. The fourth-order valence-corrected chi connectivity index (χ4v) is 1.25. The van der Waals surface area contributed by atoms with Gasteiger partial charge in [0, 0.05) is 11.7 Å². The van der Waals surface area contributed by atoms with Crippen molar-refractivity contribution in [2.75, 3.05) is 5.73 Å². The van der Waals surface area contributed by atoms with Gasteiger partial charge in [-0.15, -0.1) is 0 Å². The first kappa shape index (κ1) is 10.5. The summed E-state index contributed by atoms with van der Waals surface area (Å²) in [5.41, 5.74) is 12.8. The minimum absolute atomic E-state index is 0.00955. The highest BCUT2D eigenvalue weighted by molar-refractivity contribution is 5.67. The van der Waals surface area contributed by atoms with Crippen molar-refractivity contribution in [1.82, 2.24) is 0 Å². The second-order valence-electron chi connectivity index (χ2n) is 3.30. The molecule has 0 heterocycles. The molecule has 4 nitrogen and oxygen atoms in total. The molecule has 0 aliphatic rings. The Hall–Kier alpha value is -1.55. The van der Waals surface area contributed by atoms with Gasteiger partial charge in [0.25, 0.3) is 0 Å². The molecular weight excluding hydrogens is 180 g/mol. The highest BCUT2D eigenvalue weighted by Crippen LogP contribution is 2.08. The van der Waals surface area contributed by atoms with Gasteiger partial charge in [0.2, 0.25) is 0 Å². The Balaban J connectivity index is 2.51. The summed E-state index contributed by atoms with van der Waals surface area (Å²) < 4.78 is 0. The first-order valence-corrected chi connectivity index (χ1v) is 4.39. The molecule has 0 amide bonds. The van der Waals surface area contributed by atoms with Crippen LogP contribution in [0.4, 0.5) is 5.69 Å². The second-order valence-corrected chi connectivity index (χ2v) is 3.30. The maximum absolute atomic E-state index is 10.4. The molecule has 4 heteroatoms. The van der Waals surface area contributed by atoms with Crippen LogP contribution in [0.2, 0.25) is 0 Å². The highest BCUT2D eigenvalue weighted by Gasteiger charge is 2.08. The van der Waals surface area contributed by atoms with Crippen LogP contribution in [0.25, 0.3) is 0 Å². The Morgan fingerprint density at radius 3 is 2.43 bits per heavy atom. The number of hydrogen-bond acceptors (Lipinski definition) is 3. The van der Waals surface area contributed by atoms with Gasteiger partial charge >= 0.3 is 5.97 Å². The maximum Gasteiger partial charge on any atom is 0.304 e. The monoisotopic (exact) mass is 194 g/mol. The Labute approximate surface area is 82.5 Å². The summed E-state index contributed by atoms with van der Waals surface area (Å²) in [6, 6.07) is 6.94. The summed E-state index contributed by atoms with van der Waals surface area (Å²) in [4.78, 5) is 10.4. The lowest BCUT2D eigenvalue weighted by Gasteiger charge is -2.08. The molecule has 1 atom stereocenters. The van der Waals surface area contributed by atoms with Crippen molar-refractivity contribution in [1.29, 1.82) is 0 Å². The molecule has 0 bridgehead atoms. The van der Waals surface area contributed by atoms with E-state index < -0.39 is 5.97 Å². The number of anilines is 1. The van der Waals surface area contributed by atoms with Crippen LogP contribution < -0.4 is 11.5 Å². The van der Waals surface area contributed by atoms with Crippen molar-refractivity contribution in [2.24, 2.45) is 5.73 Å². The number of rotatable bonds is 4. The van der Waals surface area contributed by atoms with Crippen molar-refractivity contribution in [3.8, 4) is 0 Å². The zero-order chi connectivity index (χ0) is 10.6. The number of carbonyl (C=O) groups is 1. The van der Waals surface area contributed by atoms with Crippen LogP contribution >= 0.6 is 0 Å². The van der Waals surface area contributed by atoms with E-state index in [1.807, 2.05) is 12.1 Å². The fourth-order valence-electron chi connectivity index (χ4n) is 1.25. The summed E-state index contributed by atoms with van der Waals surface area (Å²) in [5.74, 6) is -0.868. The van der Waals surface area contributed by atoms with Gasteiger partial charge in [-0.3, -0.25) is 4.79 Å². The molecule has 0 saturated heterocycles. The molecule has 0 radical (unpaired) electrons. The number of nitrogens with two attached hydrogens (primary N) is 2. The van der Waals surface area contributed by atoms with E-state index in [9.17, 15) is 4.79 Å². The van der Waals surface area contributed by atoms with Crippen LogP contribution in [0.15, 0.2) is 24.3 Å². The number of carboxylic acid groups (broad SMARTS) is 1. The molecule has 0 unspecified atom stereocenters. The van der Waals surface area contributed by atoms with Gasteiger partial charge in [0.15, 0.2) is 0 Å². The minimum Gasteiger partial charge on any atom is -0.481 e. The molecule has 1 aromatic rings. The minimum atomic E-state index is -0.868. The largest absolute Gasteiger partial charge is 0.481 e. The van der Waals surface area contributed by atoms with Crippen molar-refractivity contribution >= 4 is 11.7 Å². The summed E-state index contributed by atoms with van der Waals surface area (Å²) in [5, 5.41) is 8.51. The topological polar surface area (TPSA) is 89.3 Å². The smallest absolute Gasteiger partial charge is 0.304 e. The average Bonchev–Trinajstić information content (AvgIpc) is 2.07. The second kappa shape index (κ2) is 4.62. The van der Waals surface area contributed by atoms with Gasteiger partial charge in [-0.05, 0) is 24.1 Å². The lowest BCUT2D eigenvalue weighted by molar-refractivity contribution is -0.137. The molecule has 14 heavy (non-hydrogen) atoms. The number of benzene rings is 1. The highest BCUT2D eigenvalue weighted by atomic mass is 16.4. The molecular formula is C10H14N2O2. The summed E-state index contributed by atoms with van der Waals surface area (Å²) in [7, 11) is 0. The Bertz CT molecular complexity index is 308. The average molecular weight is 194 g/mol. The van der Waals surface area contributed by atoms with E-state index in [4.69, 9.17) is 16.6 Å². The predicted molar refractivity (Wildman–Crippen MR) is 54.8 cm³/mol. The van der Waals surface area contributed by atoms with Crippen LogP contribution in [-0.2, 0) is 11.2 Å². The third-order valence-corrected chi connectivity index (χ3v) is 1.91. The van der Waals surface area contributed by atoms with Crippen LogP contribution in [0, 0.1) is 0 Å². The Morgan fingerprint density at radius 1 is 1.36 bits per heavy atom. The van der Waals surface area contributed by atoms with Crippen molar-refractivity contribution in [3.63, 3.8) is 0 Å². The summed E-state index contributed by atoms with van der Waals surface area (Å²) >= 11 is 0.